The van der Waals surface area contributed by atoms with Crippen molar-refractivity contribution < 1.29 is 14.3 Å². The van der Waals surface area contributed by atoms with Gasteiger partial charge < -0.3 is 9.47 Å². The van der Waals surface area contributed by atoms with Crippen LogP contribution in [0.15, 0.2) is 11.6 Å². The van der Waals surface area contributed by atoms with Crippen LogP contribution >= 0.6 is 0 Å². The molecule has 0 unspecified atom stereocenters. The van der Waals surface area contributed by atoms with Crippen molar-refractivity contribution in [1.29, 1.82) is 0 Å². The summed E-state index contributed by atoms with van der Waals surface area (Å²) in [4.78, 5) is 12.3. The Balaban J connectivity index is 1.39. The molecule has 1 saturated heterocycles. The monoisotopic (exact) mass is 386 g/mol. The van der Waals surface area contributed by atoms with Crippen molar-refractivity contribution in [3.63, 3.8) is 0 Å². The maximum Gasteiger partial charge on any atom is 0.333 e. The number of fused-ring (bicyclic) bond motifs is 4. The van der Waals surface area contributed by atoms with E-state index in [9.17, 15) is 4.79 Å². The van der Waals surface area contributed by atoms with E-state index in [1.165, 1.54) is 57.8 Å². The van der Waals surface area contributed by atoms with Crippen molar-refractivity contribution in [1.82, 2.24) is 0 Å². The molecule has 156 valence electrons. The van der Waals surface area contributed by atoms with Crippen molar-refractivity contribution in [3.05, 3.63) is 11.6 Å². The van der Waals surface area contributed by atoms with E-state index >= 15 is 0 Å². The summed E-state index contributed by atoms with van der Waals surface area (Å²) >= 11 is 0. The summed E-state index contributed by atoms with van der Waals surface area (Å²) in [6, 6.07) is 0. The molecule has 3 nitrogen and oxygen atoms in total. The van der Waals surface area contributed by atoms with Crippen LogP contribution in [-0.4, -0.2) is 24.8 Å². The van der Waals surface area contributed by atoms with E-state index in [0.717, 1.165) is 24.0 Å². The van der Waals surface area contributed by atoms with Gasteiger partial charge in [-0.05, 0) is 93.8 Å². The van der Waals surface area contributed by atoms with Crippen molar-refractivity contribution in [2.75, 3.05) is 13.2 Å². The standard InChI is InChI=1S/C25H38O3/c1-5-17(2)21(26)27-15-22(3)10-6-11-23(4)19(22)9-12-24-13-18(7-8-20(23)24)25(14-24)16-28-25/h5,18-20H,6-16H2,1-4H3/b17-5-/t18-,19-,20+,22+,23-,24+,25+/m1/s1. The van der Waals surface area contributed by atoms with Crippen LogP contribution in [0.3, 0.4) is 0 Å². The van der Waals surface area contributed by atoms with Gasteiger partial charge in [0.05, 0.1) is 18.8 Å². The number of carbonyl (C=O) groups is 1. The molecule has 0 amide bonds. The minimum atomic E-state index is -0.132. The highest BCUT2D eigenvalue weighted by Crippen LogP contribution is 2.74. The molecule has 28 heavy (non-hydrogen) atoms. The van der Waals surface area contributed by atoms with E-state index < -0.39 is 0 Å². The fourth-order valence-corrected chi connectivity index (χ4v) is 8.80. The average Bonchev–Trinajstić information content (AvgIpc) is 3.40. The molecule has 5 fully saturated rings. The normalized spacial score (nSPS) is 52.1. The number of epoxide rings is 1. The van der Waals surface area contributed by atoms with E-state index in [-0.39, 0.29) is 17.0 Å². The van der Waals surface area contributed by atoms with Crippen LogP contribution in [0.2, 0.25) is 0 Å². The molecule has 4 saturated carbocycles. The summed E-state index contributed by atoms with van der Waals surface area (Å²) in [6.07, 6.45) is 13.9. The SMILES string of the molecule is C/C=C(/C)C(=O)OC[C@]1(C)CCC[C@]2(C)[C@@H]1CC[C@@]13C[C@@H](CC[C@H]12)[C@@]1(CO1)C3. The van der Waals surface area contributed by atoms with Gasteiger partial charge in [-0.2, -0.15) is 0 Å². The van der Waals surface area contributed by atoms with Crippen molar-refractivity contribution >= 4 is 5.97 Å². The van der Waals surface area contributed by atoms with Crippen LogP contribution in [0.5, 0.6) is 0 Å². The van der Waals surface area contributed by atoms with Crippen LogP contribution in [-0.2, 0) is 14.3 Å². The second kappa shape index (κ2) is 6.09. The smallest absolute Gasteiger partial charge is 0.333 e. The Hall–Kier alpha value is -0.830. The maximum absolute atomic E-state index is 12.3. The molecule has 0 aromatic rings. The fourth-order valence-electron chi connectivity index (χ4n) is 8.80. The molecule has 0 N–H and O–H groups in total. The molecule has 0 aromatic heterocycles. The highest BCUT2D eigenvalue weighted by atomic mass is 16.6. The van der Waals surface area contributed by atoms with Crippen LogP contribution in [0.4, 0.5) is 0 Å². The van der Waals surface area contributed by atoms with Crippen molar-refractivity contribution in [3.8, 4) is 0 Å². The lowest BCUT2D eigenvalue weighted by Crippen LogP contribution is -2.57. The van der Waals surface area contributed by atoms with E-state index in [1.807, 2.05) is 19.9 Å². The third-order valence-corrected chi connectivity index (χ3v) is 10.2. The Morgan fingerprint density at radius 2 is 1.93 bits per heavy atom. The Morgan fingerprint density at radius 3 is 2.64 bits per heavy atom. The third-order valence-electron chi connectivity index (χ3n) is 10.2. The van der Waals surface area contributed by atoms with Gasteiger partial charge >= 0.3 is 5.97 Å². The van der Waals surface area contributed by atoms with Gasteiger partial charge in [0.1, 0.15) is 0 Å². The van der Waals surface area contributed by atoms with Gasteiger partial charge in [0.15, 0.2) is 0 Å². The van der Waals surface area contributed by atoms with E-state index in [0.29, 0.717) is 23.4 Å². The van der Waals surface area contributed by atoms with E-state index in [1.54, 1.807) is 0 Å². The van der Waals surface area contributed by atoms with E-state index in [4.69, 9.17) is 9.47 Å². The lowest BCUT2D eigenvalue weighted by Gasteiger charge is -2.64. The maximum atomic E-state index is 12.3. The zero-order valence-corrected chi connectivity index (χ0v) is 18.3. The summed E-state index contributed by atoms with van der Waals surface area (Å²) in [7, 11) is 0. The number of hydrogen-bond donors (Lipinski definition) is 0. The van der Waals surface area contributed by atoms with Gasteiger partial charge in [0.25, 0.3) is 0 Å². The van der Waals surface area contributed by atoms with Gasteiger partial charge in [-0.3, -0.25) is 0 Å². The third kappa shape index (κ3) is 2.53. The quantitative estimate of drug-likeness (QED) is 0.356. The zero-order valence-electron chi connectivity index (χ0n) is 18.3. The van der Waals surface area contributed by atoms with Crippen LogP contribution in [0.25, 0.3) is 0 Å². The molecule has 7 atom stereocenters. The second-order valence-electron chi connectivity index (χ2n) is 11.6. The van der Waals surface area contributed by atoms with Crippen molar-refractivity contribution in [2.45, 2.75) is 91.1 Å². The molecule has 2 bridgehead atoms. The number of rotatable bonds is 3. The number of allylic oxidation sites excluding steroid dienone is 1. The topological polar surface area (TPSA) is 38.8 Å². The molecule has 2 spiro atoms. The molecular weight excluding hydrogens is 348 g/mol. The van der Waals surface area contributed by atoms with Gasteiger partial charge in [-0.25, -0.2) is 4.79 Å². The summed E-state index contributed by atoms with van der Waals surface area (Å²) in [5.41, 5.74) is 2.08. The van der Waals surface area contributed by atoms with Gasteiger partial charge in [-0.15, -0.1) is 0 Å². The summed E-state index contributed by atoms with van der Waals surface area (Å²) in [5.74, 6) is 2.22. The molecular formula is C25H38O3. The van der Waals surface area contributed by atoms with Crippen LogP contribution < -0.4 is 0 Å². The highest BCUT2D eigenvalue weighted by molar-refractivity contribution is 5.87. The van der Waals surface area contributed by atoms with Crippen molar-refractivity contribution in [2.24, 2.45) is 34.0 Å². The molecule has 5 rings (SSSR count). The number of carbonyl (C=O) groups excluding carboxylic acids is 1. The fraction of sp³-hybridized carbons (Fsp3) is 0.880. The second-order valence-corrected chi connectivity index (χ2v) is 11.6. The number of esters is 1. The highest BCUT2D eigenvalue weighted by Gasteiger charge is 2.71. The summed E-state index contributed by atoms with van der Waals surface area (Å²) < 4.78 is 11.9. The first-order valence-corrected chi connectivity index (χ1v) is 11.7. The Bertz CT molecular complexity index is 707. The Kier molecular flexibility index (Phi) is 4.17. The predicted molar refractivity (Wildman–Crippen MR) is 110 cm³/mol. The van der Waals surface area contributed by atoms with Gasteiger partial charge in [-0.1, -0.05) is 26.3 Å². The van der Waals surface area contributed by atoms with Crippen LogP contribution in [0.1, 0.15) is 85.5 Å². The number of hydrogen-bond acceptors (Lipinski definition) is 3. The van der Waals surface area contributed by atoms with Gasteiger partial charge in [0, 0.05) is 11.0 Å². The zero-order chi connectivity index (χ0) is 19.8. The molecule has 0 radical (unpaired) electrons. The van der Waals surface area contributed by atoms with Crippen LogP contribution in [0, 0.1) is 34.0 Å². The predicted octanol–water partition coefficient (Wildman–Crippen LogP) is 5.68. The average molecular weight is 387 g/mol. The molecule has 3 heteroatoms. The van der Waals surface area contributed by atoms with Gasteiger partial charge in [0.2, 0.25) is 0 Å². The largest absolute Gasteiger partial charge is 0.462 e. The molecule has 1 heterocycles. The summed E-state index contributed by atoms with van der Waals surface area (Å²) in [5, 5.41) is 0. The first-order chi connectivity index (χ1) is 13.3. The first-order valence-electron chi connectivity index (χ1n) is 11.7. The Morgan fingerprint density at radius 1 is 1.14 bits per heavy atom. The first kappa shape index (κ1) is 19.2. The minimum Gasteiger partial charge on any atom is -0.462 e. The lowest BCUT2D eigenvalue weighted by molar-refractivity contribution is -0.171. The minimum absolute atomic E-state index is 0.127. The summed E-state index contributed by atoms with van der Waals surface area (Å²) in [6.45, 7) is 10.4. The lowest BCUT2D eigenvalue weighted by atomic mass is 9.41. The van der Waals surface area contributed by atoms with E-state index in [2.05, 4.69) is 13.8 Å². The molecule has 1 aliphatic heterocycles. The molecule has 5 aliphatic rings. The molecule has 0 aromatic carbocycles. The number of ether oxygens (including phenoxy) is 2. The Labute approximate surface area is 170 Å². The molecule has 4 aliphatic carbocycles.